The fourth-order valence-corrected chi connectivity index (χ4v) is 1.40. The normalized spacial score (nSPS) is 9.88. The van der Waals surface area contributed by atoms with Crippen LogP contribution >= 0.6 is 11.8 Å². The molecule has 0 spiro atoms. The van der Waals surface area contributed by atoms with Gasteiger partial charge >= 0.3 is 5.97 Å². The van der Waals surface area contributed by atoms with E-state index in [1.807, 2.05) is 13.2 Å². The third-order valence-electron chi connectivity index (χ3n) is 1.92. The molecular weight excluding hydrogens is 224 g/mol. The molecule has 4 heteroatoms. The Hall–Kier alpha value is -1.16. The molecule has 0 atom stereocenters. The molecule has 0 aromatic heterocycles. The number of esters is 1. The minimum absolute atomic E-state index is 0.280. The van der Waals surface area contributed by atoms with E-state index >= 15 is 0 Å². The zero-order chi connectivity index (χ0) is 11.8. The molecule has 0 aliphatic heterocycles. The van der Waals surface area contributed by atoms with Gasteiger partial charge in [-0.15, -0.1) is 0 Å². The molecule has 16 heavy (non-hydrogen) atoms. The van der Waals surface area contributed by atoms with Gasteiger partial charge in [-0.05, 0) is 37.4 Å². The van der Waals surface area contributed by atoms with Crippen molar-refractivity contribution in [1.82, 2.24) is 0 Å². The van der Waals surface area contributed by atoms with Gasteiger partial charge in [0.25, 0.3) is 0 Å². The molecule has 0 saturated heterocycles. The third kappa shape index (κ3) is 4.14. The molecule has 1 aromatic rings. The van der Waals surface area contributed by atoms with Gasteiger partial charge in [0, 0.05) is 5.75 Å². The van der Waals surface area contributed by atoms with Crippen molar-refractivity contribution in [2.24, 2.45) is 0 Å². The quantitative estimate of drug-likeness (QED) is 0.565. The van der Waals surface area contributed by atoms with Gasteiger partial charge in [0.15, 0.2) is 0 Å². The summed E-state index contributed by atoms with van der Waals surface area (Å²) in [6.45, 7) is 3.00. The van der Waals surface area contributed by atoms with Crippen LogP contribution in [-0.2, 0) is 4.74 Å². The summed E-state index contributed by atoms with van der Waals surface area (Å²) in [5, 5.41) is 0. The van der Waals surface area contributed by atoms with Crippen LogP contribution in [0.4, 0.5) is 0 Å². The summed E-state index contributed by atoms with van der Waals surface area (Å²) in [5.74, 6) is 1.31. The molecule has 1 rings (SSSR count). The van der Waals surface area contributed by atoms with Gasteiger partial charge in [-0.1, -0.05) is 0 Å². The van der Waals surface area contributed by atoms with Gasteiger partial charge in [0.2, 0.25) is 0 Å². The minimum Gasteiger partial charge on any atom is -0.494 e. The number of hydrogen-bond donors (Lipinski definition) is 0. The molecule has 3 nitrogen and oxygen atoms in total. The average Bonchev–Trinajstić information content (AvgIpc) is 2.30. The Balaban J connectivity index is 2.49. The first-order chi connectivity index (χ1) is 7.77. The van der Waals surface area contributed by atoms with Crippen LogP contribution in [0.1, 0.15) is 17.3 Å². The van der Waals surface area contributed by atoms with Crippen molar-refractivity contribution in [3.05, 3.63) is 29.8 Å². The fraction of sp³-hybridized carbons (Fsp3) is 0.417. The van der Waals surface area contributed by atoms with E-state index in [-0.39, 0.29) is 5.97 Å². The van der Waals surface area contributed by atoms with Crippen LogP contribution in [0, 0.1) is 0 Å². The Morgan fingerprint density at radius 3 is 2.56 bits per heavy atom. The number of ether oxygens (including phenoxy) is 2. The molecule has 0 N–H and O–H groups in total. The highest BCUT2D eigenvalue weighted by Gasteiger charge is 2.06. The van der Waals surface area contributed by atoms with Crippen LogP contribution in [0.3, 0.4) is 0 Å². The van der Waals surface area contributed by atoms with E-state index in [1.165, 1.54) is 0 Å². The number of hydrogen-bond acceptors (Lipinski definition) is 4. The predicted molar refractivity (Wildman–Crippen MR) is 66.3 cm³/mol. The van der Waals surface area contributed by atoms with Gasteiger partial charge < -0.3 is 9.47 Å². The van der Waals surface area contributed by atoms with Crippen LogP contribution in [0.25, 0.3) is 0 Å². The van der Waals surface area contributed by atoms with E-state index < -0.39 is 0 Å². The molecule has 0 radical (unpaired) electrons. The number of carbonyl (C=O) groups is 1. The summed E-state index contributed by atoms with van der Waals surface area (Å²) in [7, 11) is 0. The SMILES string of the molecule is CCOc1ccc(C(=O)OCCSC)cc1. The van der Waals surface area contributed by atoms with Gasteiger partial charge in [0.05, 0.1) is 12.2 Å². The van der Waals surface area contributed by atoms with Gasteiger partial charge in [-0.3, -0.25) is 0 Å². The highest BCUT2D eigenvalue weighted by atomic mass is 32.2. The number of benzene rings is 1. The van der Waals surface area contributed by atoms with Crippen LogP contribution in [0.5, 0.6) is 5.75 Å². The second kappa shape index (κ2) is 7.17. The van der Waals surface area contributed by atoms with Crippen LogP contribution in [0.2, 0.25) is 0 Å². The van der Waals surface area contributed by atoms with E-state index in [4.69, 9.17) is 9.47 Å². The van der Waals surface area contributed by atoms with Gasteiger partial charge in [-0.25, -0.2) is 4.79 Å². The number of carbonyl (C=O) groups excluding carboxylic acids is 1. The van der Waals surface area contributed by atoms with Crippen molar-refractivity contribution in [2.45, 2.75) is 6.92 Å². The minimum atomic E-state index is -0.280. The molecule has 0 saturated carbocycles. The molecule has 1 aromatic carbocycles. The summed E-state index contributed by atoms with van der Waals surface area (Å²) < 4.78 is 10.4. The smallest absolute Gasteiger partial charge is 0.338 e. The Bertz CT molecular complexity index is 322. The number of rotatable bonds is 6. The summed E-state index contributed by atoms with van der Waals surface area (Å²) >= 11 is 1.65. The van der Waals surface area contributed by atoms with Crippen molar-refractivity contribution in [2.75, 3.05) is 25.2 Å². The standard InChI is InChI=1S/C12H16O3S/c1-3-14-11-6-4-10(5-7-11)12(13)15-8-9-16-2/h4-7H,3,8-9H2,1-2H3. The van der Waals surface area contributed by atoms with Crippen molar-refractivity contribution < 1.29 is 14.3 Å². The maximum absolute atomic E-state index is 11.5. The highest BCUT2D eigenvalue weighted by molar-refractivity contribution is 7.98. The summed E-state index contributed by atoms with van der Waals surface area (Å²) in [4.78, 5) is 11.5. The van der Waals surface area contributed by atoms with Crippen LogP contribution in [0.15, 0.2) is 24.3 Å². The Morgan fingerprint density at radius 1 is 1.31 bits per heavy atom. The highest BCUT2D eigenvalue weighted by Crippen LogP contribution is 2.12. The van der Waals surface area contributed by atoms with Crippen molar-refractivity contribution in [3.63, 3.8) is 0 Å². The molecule has 0 aliphatic carbocycles. The maximum atomic E-state index is 11.5. The zero-order valence-electron chi connectivity index (χ0n) is 9.56. The van der Waals surface area contributed by atoms with E-state index in [0.29, 0.717) is 18.8 Å². The summed E-state index contributed by atoms with van der Waals surface area (Å²) in [6, 6.07) is 6.97. The summed E-state index contributed by atoms with van der Waals surface area (Å²) in [5.41, 5.74) is 0.560. The topological polar surface area (TPSA) is 35.5 Å². The van der Waals surface area contributed by atoms with Crippen molar-refractivity contribution in [1.29, 1.82) is 0 Å². The molecule has 0 heterocycles. The molecule has 0 fully saturated rings. The third-order valence-corrected chi connectivity index (χ3v) is 2.50. The van der Waals surface area contributed by atoms with E-state index in [2.05, 4.69) is 0 Å². The first-order valence-electron chi connectivity index (χ1n) is 5.17. The molecular formula is C12H16O3S. The molecule has 0 aliphatic rings. The first-order valence-corrected chi connectivity index (χ1v) is 6.56. The van der Waals surface area contributed by atoms with E-state index in [9.17, 15) is 4.79 Å². The molecule has 88 valence electrons. The van der Waals surface area contributed by atoms with E-state index in [1.54, 1.807) is 36.0 Å². The fourth-order valence-electron chi connectivity index (χ4n) is 1.15. The lowest BCUT2D eigenvalue weighted by Gasteiger charge is -2.05. The number of thioether (sulfide) groups is 1. The lowest BCUT2D eigenvalue weighted by molar-refractivity contribution is 0.0530. The maximum Gasteiger partial charge on any atom is 0.338 e. The lowest BCUT2D eigenvalue weighted by Crippen LogP contribution is -2.07. The average molecular weight is 240 g/mol. The first kappa shape index (κ1) is 12.9. The Morgan fingerprint density at radius 2 is 2.00 bits per heavy atom. The molecule has 0 amide bonds. The Labute approximate surface area is 100 Å². The second-order valence-corrected chi connectivity index (χ2v) is 4.07. The summed E-state index contributed by atoms with van der Waals surface area (Å²) in [6.07, 6.45) is 1.98. The predicted octanol–water partition coefficient (Wildman–Crippen LogP) is 2.61. The van der Waals surface area contributed by atoms with Crippen molar-refractivity contribution >= 4 is 17.7 Å². The van der Waals surface area contributed by atoms with Gasteiger partial charge in [-0.2, -0.15) is 11.8 Å². The second-order valence-electron chi connectivity index (χ2n) is 3.09. The molecule has 0 bridgehead atoms. The largest absolute Gasteiger partial charge is 0.494 e. The Kier molecular flexibility index (Phi) is 5.78. The zero-order valence-corrected chi connectivity index (χ0v) is 10.4. The van der Waals surface area contributed by atoms with Crippen molar-refractivity contribution in [3.8, 4) is 5.75 Å². The lowest BCUT2D eigenvalue weighted by atomic mass is 10.2. The molecule has 0 unspecified atom stereocenters. The van der Waals surface area contributed by atoms with E-state index in [0.717, 1.165) is 11.5 Å². The van der Waals surface area contributed by atoms with Crippen LogP contribution in [-0.4, -0.2) is 31.2 Å². The van der Waals surface area contributed by atoms with Gasteiger partial charge in [0.1, 0.15) is 12.4 Å². The monoisotopic (exact) mass is 240 g/mol. The van der Waals surface area contributed by atoms with Crippen LogP contribution < -0.4 is 4.74 Å².